The summed E-state index contributed by atoms with van der Waals surface area (Å²) >= 11 is 0. The van der Waals surface area contributed by atoms with Crippen molar-refractivity contribution >= 4 is 17.5 Å². The molecule has 10 nitrogen and oxygen atoms in total. The third kappa shape index (κ3) is 5.84. The fraction of sp³-hybridized carbons (Fsp3) is 0.368. The summed E-state index contributed by atoms with van der Waals surface area (Å²) < 4.78 is 52.7. The van der Waals surface area contributed by atoms with Crippen molar-refractivity contribution < 1.29 is 37.0 Å². The summed E-state index contributed by atoms with van der Waals surface area (Å²) in [6.45, 7) is 2.01. The van der Waals surface area contributed by atoms with Crippen LogP contribution in [0.2, 0.25) is 0 Å². The average Bonchev–Trinajstić information content (AvgIpc) is 3.43. The molecule has 1 fully saturated rings. The van der Waals surface area contributed by atoms with Crippen molar-refractivity contribution in [3.8, 4) is 0 Å². The molecule has 0 saturated carbocycles. The molecule has 1 aliphatic heterocycles. The molecule has 0 aromatic carbocycles. The summed E-state index contributed by atoms with van der Waals surface area (Å²) in [6, 6.07) is 1.25. The number of pyridine rings is 1. The van der Waals surface area contributed by atoms with Gasteiger partial charge in [-0.05, 0) is 6.07 Å². The first-order valence-corrected chi connectivity index (χ1v) is 9.57. The summed E-state index contributed by atoms with van der Waals surface area (Å²) in [7, 11) is 1.55. The lowest BCUT2D eigenvalue weighted by Gasteiger charge is -2.33. The molecule has 0 spiro atoms. The molecule has 0 radical (unpaired) electrons. The van der Waals surface area contributed by atoms with E-state index in [0.717, 1.165) is 5.56 Å². The number of ether oxygens (including phenoxy) is 1. The Morgan fingerprint density at radius 2 is 2.06 bits per heavy atom. The molecule has 1 unspecified atom stereocenters. The monoisotopic (exact) mass is 472 g/mol. The van der Waals surface area contributed by atoms with Crippen LogP contribution in [-0.2, 0) is 16.1 Å². The van der Waals surface area contributed by atoms with Gasteiger partial charge in [-0.1, -0.05) is 0 Å². The summed E-state index contributed by atoms with van der Waals surface area (Å²) in [6.07, 6.45) is 1.74. The minimum absolute atomic E-state index is 0.00146. The number of methoxy groups -OCH3 is 1. The number of alkyl halides is 3. The van der Waals surface area contributed by atoms with Crippen LogP contribution in [0, 0.1) is 5.82 Å². The number of carbonyl (C=O) groups is 2. The van der Waals surface area contributed by atoms with Gasteiger partial charge in [0.05, 0.1) is 30.1 Å². The zero-order valence-electron chi connectivity index (χ0n) is 17.3. The number of rotatable bonds is 4. The quantitative estimate of drug-likeness (QED) is 0.494. The first kappa shape index (κ1) is 24.1. The Balaban J connectivity index is 0.000000383. The first-order chi connectivity index (χ1) is 15.6. The molecule has 3 aromatic rings. The Morgan fingerprint density at radius 1 is 1.33 bits per heavy atom. The van der Waals surface area contributed by atoms with Crippen molar-refractivity contribution in [1.82, 2.24) is 29.8 Å². The van der Waals surface area contributed by atoms with Crippen molar-refractivity contribution in [1.29, 1.82) is 0 Å². The standard InChI is InChI=1S/C17H19FN6O2.C2HF3O2/c1-26-10-13-8-24-7-11(4-14(18)16(24)22-13)17(25)23-3-2-19-15(9-23)12-5-20-21-6-12;3-2(4,5)1(6)7/h4-8,15,19H,2-3,9-10H2,1H3,(H,20,21);(H,6,7). The summed E-state index contributed by atoms with van der Waals surface area (Å²) in [5, 5.41) is 17.2. The fourth-order valence-corrected chi connectivity index (χ4v) is 3.23. The number of aliphatic carboxylic acids is 1. The number of amides is 1. The number of carboxylic acids is 1. The predicted octanol–water partition coefficient (Wildman–Crippen LogP) is 1.76. The number of hydrogen-bond acceptors (Lipinski definition) is 6. The Hall–Kier alpha value is -3.52. The van der Waals surface area contributed by atoms with E-state index in [1.807, 2.05) is 0 Å². The van der Waals surface area contributed by atoms with Gasteiger partial charge in [0.1, 0.15) is 0 Å². The molecule has 0 bridgehead atoms. The number of H-pyrrole nitrogens is 1. The van der Waals surface area contributed by atoms with Crippen LogP contribution < -0.4 is 5.32 Å². The third-order valence-corrected chi connectivity index (χ3v) is 4.72. The van der Waals surface area contributed by atoms with Gasteiger partial charge in [0.15, 0.2) is 11.5 Å². The van der Waals surface area contributed by atoms with E-state index < -0.39 is 18.0 Å². The van der Waals surface area contributed by atoms with E-state index in [-0.39, 0.29) is 24.2 Å². The molecule has 1 atom stereocenters. The largest absolute Gasteiger partial charge is 0.490 e. The van der Waals surface area contributed by atoms with Crippen LogP contribution in [0.15, 0.2) is 30.9 Å². The maximum absolute atomic E-state index is 14.4. The number of piperazine rings is 1. The number of halogens is 4. The highest BCUT2D eigenvalue weighted by Gasteiger charge is 2.38. The highest BCUT2D eigenvalue weighted by atomic mass is 19.4. The molecular weight excluding hydrogens is 452 g/mol. The number of hydrogen-bond donors (Lipinski definition) is 3. The zero-order chi connectivity index (χ0) is 24.2. The predicted molar refractivity (Wildman–Crippen MR) is 105 cm³/mol. The lowest BCUT2D eigenvalue weighted by atomic mass is 10.1. The molecule has 1 amide bonds. The number of carbonyl (C=O) groups excluding carboxylic acids is 1. The molecule has 178 valence electrons. The number of nitrogens with one attached hydrogen (secondary N) is 2. The van der Waals surface area contributed by atoms with E-state index in [9.17, 15) is 22.4 Å². The second kappa shape index (κ2) is 9.95. The van der Waals surface area contributed by atoms with Gasteiger partial charge >= 0.3 is 12.1 Å². The Bertz CT molecular complexity index is 1120. The van der Waals surface area contributed by atoms with Gasteiger partial charge < -0.3 is 24.5 Å². The number of aromatic amines is 1. The topological polar surface area (TPSA) is 125 Å². The molecule has 14 heteroatoms. The highest BCUT2D eigenvalue weighted by Crippen LogP contribution is 2.19. The van der Waals surface area contributed by atoms with Gasteiger partial charge in [0.2, 0.25) is 0 Å². The van der Waals surface area contributed by atoms with Gasteiger partial charge in [0.25, 0.3) is 5.91 Å². The second-order valence-corrected chi connectivity index (χ2v) is 7.07. The van der Waals surface area contributed by atoms with Gasteiger partial charge in [0, 0.05) is 50.9 Å². The second-order valence-electron chi connectivity index (χ2n) is 7.07. The number of nitrogens with zero attached hydrogens (tertiary/aromatic N) is 4. The zero-order valence-corrected chi connectivity index (χ0v) is 17.3. The fourth-order valence-electron chi connectivity index (χ4n) is 3.23. The van der Waals surface area contributed by atoms with Crippen LogP contribution in [0.5, 0.6) is 0 Å². The van der Waals surface area contributed by atoms with Gasteiger partial charge in [-0.15, -0.1) is 0 Å². The molecule has 1 saturated heterocycles. The number of aromatic nitrogens is 4. The minimum Gasteiger partial charge on any atom is -0.475 e. The lowest BCUT2D eigenvalue weighted by Crippen LogP contribution is -2.48. The van der Waals surface area contributed by atoms with E-state index in [1.54, 1.807) is 36.8 Å². The maximum Gasteiger partial charge on any atom is 0.490 e. The lowest BCUT2D eigenvalue weighted by molar-refractivity contribution is -0.192. The Morgan fingerprint density at radius 3 is 2.67 bits per heavy atom. The Kier molecular flexibility index (Phi) is 7.28. The van der Waals surface area contributed by atoms with Crippen molar-refractivity contribution in [2.45, 2.75) is 18.8 Å². The maximum atomic E-state index is 14.4. The molecule has 1 aliphatic rings. The summed E-state index contributed by atoms with van der Waals surface area (Å²) in [4.78, 5) is 27.7. The van der Waals surface area contributed by atoms with Crippen molar-refractivity contribution in [3.63, 3.8) is 0 Å². The summed E-state index contributed by atoms with van der Waals surface area (Å²) in [5.74, 6) is -3.49. The molecule has 3 N–H and O–H groups in total. The van der Waals surface area contributed by atoms with Crippen LogP contribution in [0.25, 0.3) is 5.65 Å². The third-order valence-electron chi connectivity index (χ3n) is 4.72. The van der Waals surface area contributed by atoms with Gasteiger partial charge in [-0.3, -0.25) is 9.89 Å². The number of carboxylic acid groups (broad SMARTS) is 1. The Labute approximate surface area is 184 Å². The van der Waals surface area contributed by atoms with Gasteiger partial charge in [-0.25, -0.2) is 14.2 Å². The normalized spacial score (nSPS) is 16.4. The SMILES string of the molecule is COCc1cn2cc(C(=O)N3CCNC(c4cn[nH]c4)C3)cc(F)c2n1.O=C(O)C(F)(F)F. The molecule has 3 aromatic heterocycles. The van der Waals surface area contributed by atoms with E-state index in [4.69, 9.17) is 14.6 Å². The average molecular weight is 472 g/mol. The summed E-state index contributed by atoms with van der Waals surface area (Å²) in [5.41, 5.74) is 2.08. The molecule has 0 aliphatic carbocycles. The van der Waals surface area contributed by atoms with Crippen molar-refractivity contribution in [2.75, 3.05) is 26.7 Å². The van der Waals surface area contributed by atoms with Crippen molar-refractivity contribution in [2.24, 2.45) is 0 Å². The molecule has 33 heavy (non-hydrogen) atoms. The van der Waals surface area contributed by atoms with E-state index >= 15 is 0 Å². The number of fused-ring (bicyclic) bond motifs is 1. The van der Waals surface area contributed by atoms with Crippen LogP contribution >= 0.6 is 0 Å². The van der Waals surface area contributed by atoms with Gasteiger partial charge in [-0.2, -0.15) is 18.3 Å². The van der Waals surface area contributed by atoms with Crippen LogP contribution in [0.4, 0.5) is 17.6 Å². The van der Waals surface area contributed by atoms with Crippen LogP contribution in [0.3, 0.4) is 0 Å². The minimum atomic E-state index is -5.08. The highest BCUT2D eigenvalue weighted by molar-refractivity contribution is 5.94. The number of imidazole rings is 1. The molecule has 4 heterocycles. The smallest absolute Gasteiger partial charge is 0.475 e. The van der Waals surface area contributed by atoms with Crippen molar-refractivity contribution in [3.05, 3.63) is 53.5 Å². The van der Waals surface area contributed by atoms with E-state index in [2.05, 4.69) is 20.5 Å². The molecular formula is C19H20F4N6O4. The van der Waals surface area contributed by atoms with Crippen LogP contribution in [-0.4, -0.2) is 74.4 Å². The van der Waals surface area contributed by atoms with Crippen LogP contribution in [0.1, 0.15) is 27.7 Å². The van der Waals surface area contributed by atoms with E-state index in [0.29, 0.717) is 30.9 Å². The van der Waals surface area contributed by atoms with E-state index in [1.165, 1.54) is 10.5 Å². The molecule has 4 rings (SSSR count). The first-order valence-electron chi connectivity index (χ1n) is 9.57.